The highest BCUT2D eigenvalue weighted by atomic mass is 16.5. The molecule has 3 aromatic heterocycles. The van der Waals surface area contributed by atoms with E-state index in [1.165, 1.54) is 11.9 Å². The van der Waals surface area contributed by atoms with Crippen LogP contribution in [-0.2, 0) is 12.8 Å². The minimum absolute atomic E-state index is 0.586. The van der Waals surface area contributed by atoms with Gasteiger partial charge < -0.3 is 10.1 Å². The van der Waals surface area contributed by atoms with Gasteiger partial charge in [-0.15, -0.1) is 0 Å². The lowest BCUT2D eigenvalue weighted by molar-refractivity contribution is 0.474. The van der Waals surface area contributed by atoms with Crippen molar-refractivity contribution < 1.29 is 4.74 Å². The molecule has 0 saturated heterocycles. The van der Waals surface area contributed by atoms with Crippen LogP contribution >= 0.6 is 0 Å². The average Bonchev–Trinajstić information content (AvgIpc) is 2.75. The molecule has 4 rings (SSSR count). The van der Waals surface area contributed by atoms with Gasteiger partial charge in [0.15, 0.2) is 11.5 Å². The van der Waals surface area contributed by atoms with Crippen LogP contribution in [0.3, 0.4) is 0 Å². The summed E-state index contributed by atoms with van der Waals surface area (Å²) in [4.78, 5) is 21.0. The average molecular weight is 372 g/mol. The van der Waals surface area contributed by atoms with Crippen molar-refractivity contribution in [3.63, 3.8) is 0 Å². The molecule has 28 heavy (non-hydrogen) atoms. The van der Waals surface area contributed by atoms with E-state index < -0.39 is 0 Å². The second-order valence-electron chi connectivity index (χ2n) is 6.21. The molecule has 4 aromatic rings. The molecule has 0 atom stereocenters. The van der Waals surface area contributed by atoms with Crippen LogP contribution in [0.1, 0.15) is 18.1 Å². The van der Waals surface area contributed by atoms with Crippen molar-refractivity contribution in [2.24, 2.45) is 0 Å². The van der Waals surface area contributed by atoms with Gasteiger partial charge >= 0.3 is 0 Å². The highest BCUT2D eigenvalue weighted by molar-refractivity contribution is 5.81. The fraction of sp³-hybridized carbons (Fsp3) is 0.190. The Bertz CT molecular complexity index is 1060. The Balaban J connectivity index is 1.37. The Morgan fingerprint density at radius 3 is 2.64 bits per heavy atom. The Morgan fingerprint density at radius 2 is 1.79 bits per heavy atom. The van der Waals surface area contributed by atoms with E-state index in [1.54, 1.807) is 24.8 Å². The van der Waals surface area contributed by atoms with Crippen molar-refractivity contribution in [2.75, 3.05) is 11.9 Å². The van der Waals surface area contributed by atoms with Crippen molar-refractivity contribution in [3.8, 4) is 11.5 Å². The molecule has 0 bridgehead atoms. The first-order valence-corrected chi connectivity index (χ1v) is 9.19. The van der Waals surface area contributed by atoms with E-state index in [2.05, 4.69) is 49.3 Å². The van der Waals surface area contributed by atoms with Crippen molar-refractivity contribution in [3.05, 3.63) is 72.6 Å². The number of nitrogens with zero attached hydrogens (tertiary/aromatic N) is 5. The van der Waals surface area contributed by atoms with Gasteiger partial charge in [-0.05, 0) is 42.2 Å². The Labute approximate surface area is 162 Å². The molecule has 0 unspecified atom stereocenters. The van der Waals surface area contributed by atoms with Crippen molar-refractivity contribution in [1.29, 1.82) is 0 Å². The van der Waals surface area contributed by atoms with Crippen LogP contribution in [0.4, 0.5) is 5.82 Å². The molecule has 7 heteroatoms. The SMILES string of the molecule is CCc1ccncc1Oc1ccc(CCNc2ncnc3nccnc23)cc1. The first-order valence-electron chi connectivity index (χ1n) is 9.19. The molecule has 0 amide bonds. The van der Waals surface area contributed by atoms with Crippen LogP contribution in [0.2, 0.25) is 0 Å². The number of hydrogen-bond acceptors (Lipinski definition) is 7. The first-order chi connectivity index (χ1) is 13.8. The minimum atomic E-state index is 0.586. The summed E-state index contributed by atoms with van der Waals surface area (Å²) in [5.74, 6) is 2.30. The van der Waals surface area contributed by atoms with Gasteiger partial charge in [-0.25, -0.2) is 19.9 Å². The Kier molecular flexibility index (Phi) is 5.33. The molecule has 0 aliphatic rings. The summed E-state index contributed by atoms with van der Waals surface area (Å²) >= 11 is 0. The zero-order valence-electron chi connectivity index (χ0n) is 15.5. The molecule has 3 heterocycles. The summed E-state index contributed by atoms with van der Waals surface area (Å²) in [5.41, 5.74) is 3.61. The highest BCUT2D eigenvalue weighted by Crippen LogP contribution is 2.25. The molecule has 0 aliphatic carbocycles. The summed E-state index contributed by atoms with van der Waals surface area (Å²) in [7, 11) is 0. The maximum absolute atomic E-state index is 5.97. The highest BCUT2D eigenvalue weighted by Gasteiger charge is 2.06. The summed E-state index contributed by atoms with van der Waals surface area (Å²) in [6, 6.07) is 10.1. The molecular formula is C21H20N6O. The van der Waals surface area contributed by atoms with Gasteiger partial charge in [0.1, 0.15) is 23.3 Å². The zero-order chi connectivity index (χ0) is 19.2. The van der Waals surface area contributed by atoms with E-state index in [9.17, 15) is 0 Å². The maximum Gasteiger partial charge on any atom is 0.183 e. The van der Waals surface area contributed by atoms with Gasteiger partial charge in [0.2, 0.25) is 0 Å². The van der Waals surface area contributed by atoms with Crippen LogP contribution in [-0.4, -0.2) is 31.5 Å². The summed E-state index contributed by atoms with van der Waals surface area (Å²) in [6.45, 7) is 2.83. The molecule has 0 aliphatic heterocycles. The van der Waals surface area contributed by atoms with Crippen LogP contribution < -0.4 is 10.1 Å². The van der Waals surface area contributed by atoms with Crippen LogP contribution in [0.15, 0.2) is 61.4 Å². The summed E-state index contributed by atoms with van der Waals surface area (Å²) in [5, 5.41) is 3.31. The smallest absolute Gasteiger partial charge is 0.183 e. The third-order valence-electron chi connectivity index (χ3n) is 4.38. The third kappa shape index (κ3) is 4.03. The minimum Gasteiger partial charge on any atom is -0.455 e. The topological polar surface area (TPSA) is 85.7 Å². The molecular weight excluding hydrogens is 352 g/mol. The number of ether oxygens (including phenoxy) is 1. The van der Waals surface area contributed by atoms with Crippen LogP contribution in [0.5, 0.6) is 11.5 Å². The normalized spacial score (nSPS) is 10.8. The standard InChI is InChI=1S/C21H20N6O/c1-2-16-8-9-22-13-18(16)28-17-5-3-15(4-6-17)7-10-24-20-19-21(27-14-26-20)25-12-11-23-19/h3-6,8-9,11-14H,2,7,10H2,1H3,(H,24,25,26,27). The van der Waals surface area contributed by atoms with Crippen molar-refractivity contribution in [1.82, 2.24) is 24.9 Å². The Hall–Kier alpha value is -3.61. The molecule has 1 N–H and O–H groups in total. The number of rotatable bonds is 7. The predicted octanol–water partition coefficient (Wildman–Crippen LogP) is 3.82. The molecule has 0 saturated carbocycles. The lowest BCUT2D eigenvalue weighted by Gasteiger charge is -2.10. The van der Waals surface area contributed by atoms with Gasteiger partial charge in [0, 0.05) is 25.1 Å². The second-order valence-corrected chi connectivity index (χ2v) is 6.21. The largest absolute Gasteiger partial charge is 0.455 e. The molecule has 0 fully saturated rings. The van der Waals surface area contributed by atoms with E-state index in [4.69, 9.17) is 4.74 Å². The van der Waals surface area contributed by atoms with Gasteiger partial charge in [-0.3, -0.25) is 4.98 Å². The van der Waals surface area contributed by atoms with Gasteiger partial charge in [0.05, 0.1) is 6.20 Å². The van der Waals surface area contributed by atoms with E-state index in [1.807, 2.05) is 18.2 Å². The predicted molar refractivity (Wildman–Crippen MR) is 107 cm³/mol. The number of benzene rings is 1. The fourth-order valence-electron chi connectivity index (χ4n) is 2.89. The van der Waals surface area contributed by atoms with Gasteiger partial charge in [0.25, 0.3) is 0 Å². The second kappa shape index (κ2) is 8.39. The van der Waals surface area contributed by atoms with E-state index in [-0.39, 0.29) is 0 Å². The van der Waals surface area contributed by atoms with Gasteiger partial charge in [-0.1, -0.05) is 19.1 Å². The number of fused-ring (bicyclic) bond motifs is 1. The lowest BCUT2D eigenvalue weighted by atomic mass is 10.1. The van der Waals surface area contributed by atoms with Crippen molar-refractivity contribution >= 4 is 17.0 Å². The molecule has 0 radical (unpaired) electrons. The molecule has 7 nitrogen and oxygen atoms in total. The lowest BCUT2D eigenvalue weighted by Crippen LogP contribution is -2.08. The number of anilines is 1. The number of nitrogens with one attached hydrogen (secondary N) is 1. The number of pyridine rings is 1. The monoisotopic (exact) mass is 372 g/mol. The number of aryl methyl sites for hydroxylation is 1. The quantitative estimate of drug-likeness (QED) is 0.528. The van der Waals surface area contributed by atoms with Crippen LogP contribution in [0.25, 0.3) is 11.2 Å². The Morgan fingerprint density at radius 1 is 0.929 bits per heavy atom. The number of hydrogen-bond donors (Lipinski definition) is 1. The summed E-state index contributed by atoms with van der Waals surface area (Å²) in [6.07, 6.45) is 10.1. The van der Waals surface area contributed by atoms with E-state index >= 15 is 0 Å². The maximum atomic E-state index is 5.97. The van der Waals surface area contributed by atoms with E-state index in [0.717, 1.165) is 36.4 Å². The van der Waals surface area contributed by atoms with Gasteiger partial charge in [-0.2, -0.15) is 0 Å². The molecule has 0 spiro atoms. The fourth-order valence-corrected chi connectivity index (χ4v) is 2.89. The molecule has 140 valence electrons. The molecule has 1 aromatic carbocycles. The first kappa shape index (κ1) is 17.8. The van der Waals surface area contributed by atoms with Crippen LogP contribution in [0, 0.1) is 0 Å². The zero-order valence-corrected chi connectivity index (χ0v) is 15.5. The van der Waals surface area contributed by atoms with E-state index in [0.29, 0.717) is 17.0 Å². The summed E-state index contributed by atoms with van der Waals surface area (Å²) < 4.78 is 5.97. The van der Waals surface area contributed by atoms with Crippen molar-refractivity contribution in [2.45, 2.75) is 19.8 Å². The third-order valence-corrected chi connectivity index (χ3v) is 4.38. The number of aromatic nitrogens is 5.